The van der Waals surface area contributed by atoms with E-state index in [0.29, 0.717) is 18.1 Å². The second-order valence-corrected chi connectivity index (χ2v) is 6.13. The molecule has 1 heterocycles. The first-order valence-corrected chi connectivity index (χ1v) is 7.07. The molecule has 0 saturated heterocycles. The van der Waals surface area contributed by atoms with Crippen LogP contribution in [0.3, 0.4) is 0 Å². The summed E-state index contributed by atoms with van der Waals surface area (Å²) < 4.78 is 33.5. The third-order valence-corrected chi connectivity index (χ3v) is 3.11. The van der Waals surface area contributed by atoms with E-state index in [1.165, 1.54) is 18.2 Å². The molecule has 2 rings (SSSR count). The van der Waals surface area contributed by atoms with Crippen LogP contribution in [-0.2, 0) is 4.79 Å². The molecule has 0 fully saturated rings. The number of halogens is 2. The van der Waals surface area contributed by atoms with E-state index in [-0.39, 0.29) is 11.4 Å². The molecule has 1 aliphatic heterocycles. The molecule has 0 bridgehead atoms. The maximum absolute atomic E-state index is 14.1. The van der Waals surface area contributed by atoms with Gasteiger partial charge in [0.05, 0.1) is 11.5 Å². The third-order valence-electron chi connectivity index (χ3n) is 3.11. The van der Waals surface area contributed by atoms with E-state index >= 15 is 0 Å². The van der Waals surface area contributed by atoms with Gasteiger partial charge in [-0.2, -0.15) is 4.39 Å². The fourth-order valence-electron chi connectivity index (χ4n) is 1.75. The van der Waals surface area contributed by atoms with Gasteiger partial charge in [-0.25, -0.2) is 4.39 Å². The largest absolute Gasteiger partial charge is 0.454 e. The number of ether oxygens (including phenoxy) is 1. The zero-order valence-electron chi connectivity index (χ0n) is 13.2. The monoisotopic (exact) mass is 323 g/mol. The lowest BCUT2D eigenvalue weighted by atomic mass is 9.95. The smallest absolute Gasteiger partial charge is 0.229 e. The predicted molar refractivity (Wildman–Crippen MR) is 83.4 cm³/mol. The summed E-state index contributed by atoms with van der Waals surface area (Å²) in [6.07, 6.45) is 3.11. The minimum absolute atomic E-state index is 0.232. The van der Waals surface area contributed by atoms with Crippen LogP contribution in [-0.4, -0.2) is 12.5 Å². The van der Waals surface area contributed by atoms with Crippen LogP contribution < -0.4 is 21.1 Å². The van der Waals surface area contributed by atoms with Crippen LogP contribution in [0.25, 0.3) is 0 Å². The quantitative estimate of drug-likeness (QED) is 0.799. The highest BCUT2D eigenvalue weighted by Gasteiger charge is 2.24. The van der Waals surface area contributed by atoms with Crippen molar-refractivity contribution < 1.29 is 18.3 Å². The standard InChI is InChI=1S/C16H19F2N3O2/c1-16(2,3)15(22)21-10-4-5-11(14(18)13(10)17)23-9-6-7-20-12(19)8-9/h4-6,8,20H,7,19H2,1-3H3,(H,21,22). The molecule has 0 aliphatic carbocycles. The number of amides is 1. The van der Waals surface area contributed by atoms with E-state index in [4.69, 9.17) is 10.5 Å². The molecule has 0 atom stereocenters. The molecule has 23 heavy (non-hydrogen) atoms. The van der Waals surface area contributed by atoms with Gasteiger partial charge in [0.25, 0.3) is 0 Å². The zero-order valence-corrected chi connectivity index (χ0v) is 13.2. The van der Waals surface area contributed by atoms with E-state index in [0.717, 1.165) is 0 Å². The Hall–Kier alpha value is -2.57. The topological polar surface area (TPSA) is 76.4 Å². The van der Waals surface area contributed by atoms with Gasteiger partial charge in [-0.15, -0.1) is 0 Å². The number of carbonyl (C=O) groups is 1. The zero-order chi connectivity index (χ0) is 17.2. The molecule has 0 radical (unpaired) electrons. The summed E-state index contributed by atoms with van der Waals surface area (Å²) in [5.41, 5.74) is 4.63. The van der Waals surface area contributed by atoms with Crippen molar-refractivity contribution in [2.24, 2.45) is 11.1 Å². The number of carbonyl (C=O) groups excluding carboxylic acids is 1. The molecule has 5 nitrogen and oxygen atoms in total. The van der Waals surface area contributed by atoms with Crippen molar-refractivity contribution in [3.8, 4) is 5.75 Å². The van der Waals surface area contributed by atoms with Gasteiger partial charge in [0.15, 0.2) is 11.6 Å². The van der Waals surface area contributed by atoms with E-state index in [9.17, 15) is 13.6 Å². The van der Waals surface area contributed by atoms with Gasteiger partial charge >= 0.3 is 0 Å². The van der Waals surface area contributed by atoms with Crippen LogP contribution >= 0.6 is 0 Å². The molecule has 124 valence electrons. The van der Waals surface area contributed by atoms with Crippen molar-refractivity contribution >= 4 is 11.6 Å². The Morgan fingerprint density at radius 3 is 2.61 bits per heavy atom. The molecule has 1 aromatic carbocycles. The highest BCUT2D eigenvalue weighted by Crippen LogP contribution is 2.29. The fraction of sp³-hybridized carbons (Fsp3) is 0.312. The van der Waals surface area contributed by atoms with Crippen LogP contribution in [0.2, 0.25) is 0 Å². The predicted octanol–water partition coefficient (Wildman–Crippen LogP) is 2.62. The molecular weight excluding hydrogens is 304 g/mol. The lowest BCUT2D eigenvalue weighted by Crippen LogP contribution is -2.28. The highest BCUT2D eigenvalue weighted by molar-refractivity contribution is 5.94. The number of benzene rings is 1. The summed E-state index contributed by atoms with van der Waals surface area (Å²) in [4.78, 5) is 11.9. The Morgan fingerprint density at radius 2 is 2.00 bits per heavy atom. The Labute approximate surface area is 133 Å². The lowest BCUT2D eigenvalue weighted by molar-refractivity contribution is -0.123. The number of hydrogen-bond donors (Lipinski definition) is 3. The molecule has 0 unspecified atom stereocenters. The fourth-order valence-corrected chi connectivity index (χ4v) is 1.75. The SMILES string of the molecule is CC(C)(C)C(=O)Nc1ccc(OC2=CCNC(N)=C2)c(F)c1F. The molecular formula is C16H19F2N3O2. The second kappa shape index (κ2) is 6.28. The van der Waals surface area contributed by atoms with Crippen molar-refractivity contribution in [2.75, 3.05) is 11.9 Å². The van der Waals surface area contributed by atoms with Crippen LogP contribution in [0, 0.1) is 17.0 Å². The van der Waals surface area contributed by atoms with E-state index in [1.54, 1.807) is 26.8 Å². The van der Waals surface area contributed by atoms with Crippen LogP contribution in [0.4, 0.5) is 14.5 Å². The second-order valence-electron chi connectivity index (χ2n) is 6.13. The number of allylic oxidation sites excluding steroid dienone is 1. The van der Waals surface area contributed by atoms with E-state index in [1.807, 2.05) is 0 Å². The van der Waals surface area contributed by atoms with Gasteiger partial charge < -0.3 is 21.1 Å². The molecule has 1 aromatic rings. The van der Waals surface area contributed by atoms with Crippen LogP contribution in [0.15, 0.2) is 35.9 Å². The normalized spacial score (nSPS) is 14.5. The summed E-state index contributed by atoms with van der Waals surface area (Å²) in [7, 11) is 0. The first-order chi connectivity index (χ1) is 10.7. The van der Waals surface area contributed by atoms with Gasteiger partial charge in [-0.1, -0.05) is 20.8 Å². The van der Waals surface area contributed by atoms with Gasteiger partial charge in [-0.05, 0) is 18.2 Å². The number of dihydropyridines is 1. The van der Waals surface area contributed by atoms with Gasteiger partial charge in [-0.3, -0.25) is 4.79 Å². The van der Waals surface area contributed by atoms with Crippen LogP contribution in [0.5, 0.6) is 5.75 Å². The molecule has 1 amide bonds. The average Bonchev–Trinajstić information content (AvgIpc) is 2.46. The molecule has 0 aromatic heterocycles. The van der Waals surface area contributed by atoms with Crippen molar-refractivity contribution in [2.45, 2.75) is 20.8 Å². The van der Waals surface area contributed by atoms with Crippen molar-refractivity contribution in [3.63, 3.8) is 0 Å². The Morgan fingerprint density at radius 1 is 1.30 bits per heavy atom. The molecule has 7 heteroatoms. The number of anilines is 1. The van der Waals surface area contributed by atoms with Gasteiger partial charge in [0, 0.05) is 18.0 Å². The first-order valence-electron chi connectivity index (χ1n) is 7.07. The average molecular weight is 323 g/mol. The molecule has 1 aliphatic rings. The summed E-state index contributed by atoms with van der Waals surface area (Å²) in [6, 6.07) is 2.51. The third kappa shape index (κ3) is 4.00. The van der Waals surface area contributed by atoms with E-state index in [2.05, 4.69) is 10.6 Å². The minimum atomic E-state index is -1.18. The maximum atomic E-state index is 14.1. The molecule has 0 spiro atoms. The van der Waals surface area contributed by atoms with Gasteiger partial charge in [0.1, 0.15) is 5.76 Å². The van der Waals surface area contributed by atoms with Crippen LogP contribution in [0.1, 0.15) is 20.8 Å². The lowest BCUT2D eigenvalue weighted by Gasteiger charge is -2.19. The summed E-state index contributed by atoms with van der Waals surface area (Å²) in [5.74, 6) is -2.37. The first kappa shape index (κ1) is 16.8. The summed E-state index contributed by atoms with van der Waals surface area (Å²) >= 11 is 0. The number of nitrogens with two attached hydrogens (primary N) is 1. The number of nitrogens with one attached hydrogen (secondary N) is 2. The Kier molecular flexibility index (Phi) is 4.58. The van der Waals surface area contributed by atoms with Gasteiger partial charge in [0.2, 0.25) is 11.7 Å². The summed E-state index contributed by atoms with van der Waals surface area (Å²) in [5, 5.41) is 5.20. The van der Waals surface area contributed by atoms with Crippen molar-refractivity contribution in [1.29, 1.82) is 0 Å². The number of hydrogen-bond acceptors (Lipinski definition) is 4. The maximum Gasteiger partial charge on any atom is 0.229 e. The highest BCUT2D eigenvalue weighted by atomic mass is 19.2. The molecule has 0 saturated carbocycles. The van der Waals surface area contributed by atoms with E-state index < -0.39 is 23.0 Å². The summed E-state index contributed by atoms with van der Waals surface area (Å²) in [6.45, 7) is 5.46. The Balaban J connectivity index is 2.21. The molecule has 4 N–H and O–H groups in total. The number of rotatable bonds is 3. The minimum Gasteiger partial charge on any atom is -0.454 e. The Bertz CT molecular complexity index is 691. The van der Waals surface area contributed by atoms with Crippen molar-refractivity contribution in [1.82, 2.24) is 5.32 Å². The van der Waals surface area contributed by atoms with Crippen molar-refractivity contribution in [3.05, 3.63) is 47.5 Å².